The molecule has 1 heterocycles. The number of nitrogens with one attached hydrogen (secondary N) is 2. The minimum Gasteiger partial charge on any atom is -0.489 e. The highest BCUT2D eigenvalue weighted by atomic mass is 35.5. The fourth-order valence-electron chi connectivity index (χ4n) is 2.50. The van der Waals surface area contributed by atoms with Crippen LogP contribution < -0.4 is 15.7 Å². The van der Waals surface area contributed by atoms with E-state index in [1.54, 1.807) is 48.5 Å². The van der Waals surface area contributed by atoms with E-state index in [2.05, 4.69) is 27.1 Å². The summed E-state index contributed by atoms with van der Waals surface area (Å²) in [6, 6.07) is 16.0. The molecule has 0 spiro atoms. The third-order valence-electron chi connectivity index (χ3n) is 3.78. The molecule has 0 unspecified atom stereocenters. The zero-order valence-corrected chi connectivity index (χ0v) is 16.0. The van der Waals surface area contributed by atoms with Gasteiger partial charge >= 0.3 is 0 Å². The minimum absolute atomic E-state index is 0.0688. The summed E-state index contributed by atoms with van der Waals surface area (Å²) in [6.07, 6.45) is 3.12. The van der Waals surface area contributed by atoms with E-state index in [0.29, 0.717) is 28.5 Å². The zero-order valence-electron chi connectivity index (χ0n) is 15.2. The molecule has 8 heteroatoms. The highest BCUT2D eigenvalue weighted by molar-refractivity contribution is 6.30. The molecule has 0 aliphatic rings. The number of nitriles is 1. The Morgan fingerprint density at radius 1 is 1.31 bits per heavy atom. The maximum absolute atomic E-state index is 12.3. The fraction of sp³-hybridized carbons (Fsp3) is 0.0476. The van der Waals surface area contributed by atoms with E-state index in [1.807, 2.05) is 12.1 Å². The van der Waals surface area contributed by atoms with E-state index in [0.717, 1.165) is 0 Å². The number of nitrogens with zero attached hydrogens (tertiary/aromatic N) is 3. The number of H-pyrrole nitrogens is 1. The van der Waals surface area contributed by atoms with Crippen molar-refractivity contribution in [2.75, 3.05) is 12.0 Å². The number of rotatable bonds is 7. The summed E-state index contributed by atoms with van der Waals surface area (Å²) in [4.78, 5) is 19.1. The van der Waals surface area contributed by atoms with Gasteiger partial charge in [0, 0.05) is 16.1 Å². The van der Waals surface area contributed by atoms with Crippen molar-refractivity contribution < 1.29 is 4.74 Å². The number of aromatic amines is 1. The van der Waals surface area contributed by atoms with Gasteiger partial charge in [-0.25, -0.2) is 10.4 Å². The van der Waals surface area contributed by atoms with Crippen molar-refractivity contribution in [2.45, 2.75) is 0 Å². The maximum Gasteiger partial charge on any atom is 0.270 e. The standard InChI is InChI=1S/C21H16ClN5O2/c1-2-10-29-18-9-8-16(22)11-15(18)13-24-27-21-25-19(14-6-4-3-5-7-14)17(12-23)20(28)26-21/h2-9,11,13H,1,10H2,(H2,25,26,27,28). The third-order valence-corrected chi connectivity index (χ3v) is 4.02. The molecule has 0 bridgehead atoms. The summed E-state index contributed by atoms with van der Waals surface area (Å²) in [5.74, 6) is 0.672. The van der Waals surface area contributed by atoms with E-state index in [1.165, 1.54) is 6.21 Å². The van der Waals surface area contributed by atoms with Gasteiger partial charge in [0.15, 0.2) is 0 Å². The molecule has 7 nitrogen and oxygen atoms in total. The first-order valence-corrected chi connectivity index (χ1v) is 8.92. The van der Waals surface area contributed by atoms with Crippen molar-refractivity contribution in [3.63, 3.8) is 0 Å². The van der Waals surface area contributed by atoms with Crippen LogP contribution in [0.5, 0.6) is 5.75 Å². The summed E-state index contributed by atoms with van der Waals surface area (Å²) in [6.45, 7) is 3.95. The van der Waals surface area contributed by atoms with Crippen molar-refractivity contribution in [1.29, 1.82) is 5.26 Å². The van der Waals surface area contributed by atoms with Gasteiger partial charge in [0.2, 0.25) is 5.95 Å². The molecular formula is C21H16ClN5O2. The van der Waals surface area contributed by atoms with Crippen molar-refractivity contribution in [3.05, 3.63) is 87.7 Å². The number of hydrogen-bond acceptors (Lipinski definition) is 6. The lowest BCUT2D eigenvalue weighted by molar-refractivity contribution is 0.363. The van der Waals surface area contributed by atoms with Gasteiger partial charge in [-0.15, -0.1) is 0 Å². The van der Waals surface area contributed by atoms with Crippen molar-refractivity contribution in [3.8, 4) is 23.1 Å². The first-order valence-electron chi connectivity index (χ1n) is 8.54. The molecule has 29 heavy (non-hydrogen) atoms. The first kappa shape index (κ1) is 19.9. The Labute approximate surface area is 172 Å². The topological polar surface area (TPSA) is 103 Å². The van der Waals surface area contributed by atoms with E-state index in [9.17, 15) is 10.1 Å². The number of halogens is 1. The van der Waals surface area contributed by atoms with E-state index in [4.69, 9.17) is 16.3 Å². The predicted octanol–water partition coefficient (Wildman–Crippen LogP) is 3.97. The second-order valence-electron chi connectivity index (χ2n) is 5.77. The molecule has 2 aromatic carbocycles. The van der Waals surface area contributed by atoms with Crippen LogP contribution in [0.15, 0.2) is 71.1 Å². The third kappa shape index (κ3) is 4.89. The maximum atomic E-state index is 12.3. The van der Waals surface area contributed by atoms with Crippen LogP contribution >= 0.6 is 11.6 Å². The molecule has 1 aromatic heterocycles. The van der Waals surface area contributed by atoms with Gasteiger partial charge in [0.05, 0.1) is 11.9 Å². The number of aromatic nitrogens is 2. The molecule has 0 amide bonds. The molecule has 0 radical (unpaired) electrons. The van der Waals surface area contributed by atoms with Crippen LogP contribution in [-0.2, 0) is 0 Å². The Hall–Kier alpha value is -3.89. The molecule has 0 fully saturated rings. The molecule has 3 rings (SSSR count). The van der Waals surface area contributed by atoms with Crippen LogP contribution in [0.4, 0.5) is 5.95 Å². The molecule has 0 atom stereocenters. The Morgan fingerprint density at radius 3 is 2.83 bits per heavy atom. The van der Waals surface area contributed by atoms with Gasteiger partial charge in [0.25, 0.3) is 5.56 Å². The van der Waals surface area contributed by atoms with Crippen LogP contribution in [0.1, 0.15) is 11.1 Å². The van der Waals surface area contributed by atoms with Gasteiger partial charge in [-0.1, -0.05) is 54.6 Å². The second kappa shape index (κ2) is 9.35. The monoisotopic (exact) mass is 405 g/mol. The van der Waals surface area contributed by atoms with Crippen molar-refractivity contribution in [1.82, 2.24) is 9.97 Å². The smallest absolute Gasteiger partial charge is 0.270 e. The molecular weight excluding hydrogens is 390 g/mol. The Morgan fingerprint density at radius 2 is 2.10 bits per heavy atom. The van der Waals surface area contributed by atoms with Crippen LogP contribution in [0, 0.1) is 11.3 Å². The van der Waals surface area contributed by atoms with E-state index < -0.39 is 5.56 Å². The average molecular weight is 406 g/mol. The molecule has 0 aliphatic heterocycles. The zero-order chi connectivity index (χ0) is 20.6. The van der Waals surface area contributed by atoms with E-state index >= 15 is 0 Å². The van der Waals surface area contributed by atoms with Crippen molar-refractivity contribution in [2.24, 2.45) is 5.10 Å². The highest BCUT2D eigenvalue weighted by Crippen LogP contribution is 2.22. The largest absolute Gasteiger partial charge is 0.489 e. The van der Waals surface area contributed by atoms with E-state index in [-0.39, 0.29) is 17.2 Å². The minimum atomic E-state index is -0.559. The fourth-order valence-corrected chi connectivity index (χ4v) is 2.68. The average Bonchev–Trinajstić information content (AvgIpc) is 2.73. The molecule has 144 valence electrons. The Bertz CT molecular complexity index is 1150. The summed E-state index contributed by atoms with van der Waals surface area (Å²) in [7, 11) is 0. The summed E-state index contributed by atoms with van der Waals surface area (Å²) in [5.41, 5.74) is 3.60. The van der Waals surface area contributed by atoms with Gasteiger partial charge in [-0.2, -0.15) is 10.4 Å². The molecule has 0 aliphatic carbocycles. The summed E-state index contributed by atoms with van der Waals surface area (Å²) < 4.78 is 5.57. The number of hydrazone groups is 1. The molecule has 2 N–H and O–H groups in total. The Balaban J connectivity index is 1.89. The van der Waals surface area contributed by atoms with Gasteiger partial charge in [-0.05, 0) is 18.2 Å². The SMILES string of the molecule is C=CCOc1ccc(Cl)cc1C=NNc1nc(-c2ccccc2)c(C#N)c(=O)[nH]1. The lowest BCUT2D eigenvalue weighted by Crippen LogP contribution is -2.16. The number of ether oxygens (including phenoxy) is 1. The number of hydrogen-bond donors (Lipinski definition) is 2. The number of benzene rings is 2. The predicted molar refractivity (Wildman–Crippen MR) is 113 cm³/mol. The van der Waals surface area contributed by atoms with Crippen LogP contribution in [0.25, 0.3) is 11.3 Å². The second-order valence-corrected chi connectivity index (χ2v) is 6.20. The van der Waals surface area contributed by atoms with Crippen LogP contribution in [0.3, 0.4) is 0 Å². The molecule has 3 aromatic rings. The molecule has 0 saturated heterocycles. The Kier molecular flexibility index (Phi) is 6.40. The van der Waals surface area contributed by atoms with Crippen LogP contribution in [0.2, 0.25) is 5.02 Å². The number of anilines is 1. The first-order chi connectivity index (χ1) is 14.1. The highest BCUT2D eigenvalue weighted by Gasteiger charge is 2.12. The lowest BCUT2D eigenvalue weighted by Gasteiger charge is -2.08. The van der Waals surface area contributed by atoms with Gasteiger partial charge in [0.1, 0.15) is 24.0 Å². The normalized spacial score (nSPS) is 10.5. The summed E-state index contributed by atoms with van der Waals surface area (Å²) >= 11 is 6.04. The summed E-state index contributed by atoms with van der Waals surface area (Å²) in [5, 5.41) is 13.9. The van der Waals surface area contributed by atoms with Crippen molar-refractivity contribution >= 4 is 23.8 Å². The van der Waals surface area contributed by atoms with Gasteiger partial charge < -0.3 is 4.74 Å². The molecule has 0 saturated carbocycles. The lowest BCUT2D eigenvalue weighted by atomic mass is 10.1. The quantitative estimate of drug-likeness (QED) is 0.351. The van der Waals surface area contributed by atoms with Crippen LogP contribution in [-0.4, -0.2) is 22.8 Å². The van der Waals surface area contributed by atoms with Gasteiger partial charge in [-0.3, -0.25) is 9.78 Å².